The number of hydrogen-bond acceptors (Lipinski definition) is 0. The maximum absolute atomic E-state index is 4.00. The van der Waals surface area contributed by atoms with Gasteiger partial charge in [0.05, 0.1) is 0 Å². The van der Waals surface area contributed by atoms with E-state index in [4.69, 9.17) is 0 Å². The van der Waals surface area contributed by atoms with Crippen molar-refractivity contribution in [3.8, 4) is 12.8 Å². The molecule has 0 N–H and O–H groups in total. The first-order chi connectivity index (χ1) is 1.00. The van der Waals surface area contributed by atoms with Crippen LogP contribution in [0.1, 0.15) is 0 Å². The van der Waals surface area contributed by atoms with E-state index in [0.717, 1.165) is 0 Å². The van der Waals surface area contributed by atoms with Crippen LogP contribution in [0.25, 0.3) is 0 Å². The first kappa shape index (κ1) is 17.6. The average Bonchev–Trinajstić information content (AvgIpc) is 1.00. The maximum atomic E-state index is 4.00. The third-order valence-electron chi connectivity index (χ3n) is 0. The molecule has 0 unspecified atom stereocenters. The molecule has 0 radical (unpaired) electrons. The summed E-state index contributed by atoms with van der Waals surface area (Å²) in [6.45, 7) is 0. The van der Waals surface area contributed by atoms with Crippen LogP contribution in [0.2, 0.25) is 0 Å². The second-order valence-electron chi connectivity index (χ2n) is 0. The van der Waals surface area contributed by atoms with Gasteiger partial charge in [0.2, 0.25) is 0 Å². The summed E-state index contributed by atoms with van der Waals surface area (Å²) in [6.07, 6.45) is 8.00. The van der Waals surface area contributed by atoms with E-state index in [-0.39, 0.29) is 59.1 Å². The predicted octanol–water partition coefficient (Wildman–Crippen LogP) is -1.05. The van der Waals surface area contributed by atoms with E-state index in [9.17, 15) is 0 Å². The van der Waals surface area contributed by atoms with Crippen molar-refractivity contribution >= 4 is 59.1 Å². The normalized spacial score (nSPS) is 0.500. The van der Waals surface area contributed by atoms with E-state index >= 15 is 0 Å². The molecule has 0 saturated heterocycles. The van der Waals surface area contributed by atoms with Crippen LogP contribution in [0.4, 0.5) is 0 Å². The van der Waals surface area contributed by atoms with Gasteiger partial charge in [-0.15, -0.1) is 12.8 Å². The average molecular weight is 74.0 g/mol. The Morgan fingerprint density at radius 1 is 0.750 bits per heavy atom. The number of rotatable bonds is 0. The van der Waals surface area contributed by atoms with Crippen LogP contribution in [0.5, 0.6) is 0 Å². The van der Waals surface area contributed by atoms with E-state index < -0.39 is 0 Å². The zero-order valence-electron chi connectivity index (χ0n) is 1.15. The summed E-state index contributed by atoms with van der Waals surface area (Å²) < 4.78 is 0. The molecule has 2 heteroatoms. The Kier molecular flexibility index (Phi) is 105. The van der Waals surface area contributed by atoms with Gasteiger partial charge in [-0.05, 0) is 0 Å². The zero-order chi connectivity index (χ0) is 2.00. The van der Waals surface area contributed by atoms with E-state index in [0.29, 0.717) is 0 Å². The molecule has 0 fully saturated rings. The molecule has 0 amide bonds. The summed E-state index contributed by atoms with van der Waals surface area (Å²) in [4.78, 5) is 0. The molecule has 0 atom stereocenters. The molecular formula is C2H4Na2. The van der Waals surface area contributed by atoms with Gasteiger partial charge in [-0.1, -0.05) is 0 Å². The Balaban J connectivity index is -0.00000000500. The first-order valence-electron chi connectivity index (χ1n) is 0.333. The minimum atomic E-state index is 0. The summed E-state index contributed by atoms with van der Waals surface area (Å²) in [5, 5.41) is 0. The fourth-order valence-corrected chi connectivity index (χ4v) is 0. The van der Waals surface area contributed by atoms with Crippen LogP contribution in [0, 0.1) is 12.8 Å². The Morgan fingerprint density at radius 3 is 0.750 bits per heavy atom. The van der Waals surface area contributed by atoms with E-state index in [2.05, 4.69) is 12.8 Å². The van der Waals surface area contributed by atoms with Crippen molar-refractivity contribution in [2.45, 2.75) is 0 Å². The van der Waals surface area contributed by atoms with Gasteiger partial charge in [0.25, 0.3) is 0 Å². The molecule has 0 aromatic rings. The standard InChI is InChI=1S/C2H2.2Na.2H/c1-2;;;;/h1-2H;;;;. The van der Waals surface area contributed by atoms with Crippen molar-refractivity contribution in [2.24, 2.45) is 0 Å². The molecule has 0 aliphatic heterocycles. The molecule has 0 heterocycles. The van der Waals surface area contributed by atoms with E-state index in [1.54, 1.807) is 0 Å². The Labute approximate surface area is 70.9 Å². The molecule has 4 heavy (non-hydrogen) atoms. The summed E-state index contributed by atoms with van der Waals surface area (Å²) in [5.74, 6) is 0. The van der Waals surface area contributed by atoms with Crippen molar-refractivity contribution < 1.29 is 0 Å². The van der Waals surface area contributed by atoms with Crippen molar-refractivity contribution in [3.05, 3.63) is 0 Å². The van der Waals surface area contributed by atoms with Crippen LogP contribution in [-0.2, 0) is 0 Å². The van der Waals surface area contributed by atoms with Gasteiger partial charge in [0.1, 0.15) is 0 Å². The topological polar surface area (TPSA) is 0 Å². The van der Waals surface area contributed by atoms with Gasteiger partial charge in [-0.2, -0.15) is 0 Å². The number of terminal acetylenes is 1. The molecule has 14 valence electrons. The van der Waals surface area contributed by atoms with Crippen molar-refractivity contribution in [2.75, 3.05) is 0 Å². The summed E-state index contributed by atoms with van der Waals surface area (Å²) in [7, 11) is 0. The van der Waals surface area contributed by atoms with Gasteiger partial charge < -0.3 is 0 Å². The van der Waals surface area contributed by atoms with E-state index in [1.165, 1.54) is 0 Å². The quantitative estimate of drug-likeness (QED) is 0.254. The summed E-state index contributed by atoms with van der Waals surface area (Å²) in [5.41, 5.74) is 0. The fourth-order valence-electron chi connectivity index (χ4n) is 0. The van der Waals surface area contributed by atoms with Crippen LogP contribution in [-0.4, -0.2) is 59.1 Å². The summed E-state index contributed by atoms with van der Waals surface area (Å²) >= 11 is 0. The van der Waals surface area contributed by atoms with Crippen LogP contribution >= 0.6 is 0 Å². The Hall–Kier alpha value is 1.56. The molecule has 0 aliphatic carbocycles. The third kappa shape index (κ3) is 9.59. The Morgan fingerprint density at radius 2 is 0.750 bits per heavy atom. The molecule has 0 nitrogen and oxygen atoms in total. The molecule has 0 bridgehead atoms. The molecule has 0 spiro atoms. The van der Waals surface area contributed by atoms with Gasteiger partial charge in [-0.3, -0.25) is 0 Å². The molecule has 0 aliphatic rings. The SMILES string of the molecule is C#C.[NaH].[NaH]. The van der Waals surface area contributed by atoms with Crippen LogP contribution in [0.15, 0.2) is 0 Å². The van der Waals surface area contributed by atoms with Crippen molar-refractivity contribution in [1.29, 1.82) is 0 Å². The number of hydrogen-bond donors (Lipinski definition) is 0. The van der Waals surface area contributed by atoms with Crippen molar-refractivity contribution in [1.82, 2.24) is 0 Å². The minimum absolute atomic E-state index is 0. The molecular weight excluding hydrogens is 70.0 g/mol. The molecule has 0 aromatic heterocycles. The molecule has 0 rings (SSSR count). The molecule has 0 aromatic carbocycles. The third-order valence-corrected chi connectivity index (χ3v) is 0. The van der Waals surface area contributed by atoms with E-state index in [1.807, 2.05) is 0 Å². The second kappa shape index (κ2) is 23.7. The van der Waals surface area contributed by atoms with Crippen LogP contribution < -0.4 is 0 Å². The second-order valence-corrected chi connectivity index (χ2v) is 0. The van der Waals surface area contributed by atoms with Gasteiger partial charge >= 0.3 is 59.1 Å². The summed E-state index contributed by atoms with van der Waals surface area (Å²) in [6, 6.07) is 0. The first-order valence-corrected chi connectivity index (χ1v) is 0.333. The predicted molar refractivity (Wildman–Crippen MR) is 24.2 cm³/mol. The van der Waals surface area contributed by atoms with Gasteiger partial charge in [-0.25, -0.2) is 0 Å². The van der Waals surface area contributed by atoms with Crippen molar-refractivity contribution in [3.63, 3.8) is 0 Å². The molecule has 0 saturated carbocycles. The van der Waals surface area contributed by atoms with Gasteiger partial charge in [0, 0.05) is 0 Å². The monoisotopic (exact) mass is 74.0 g/mol. The van der Waals surface area contributed by atoms with Gasteiger partial charge in [0.15, 0.2) is 0 Å². The Bertz CT molecular complexity index is 8.75. The van der Waals surface area contributed by atoms with Crippen LogP contribution in [0.3, 0.4) is 0 Å². The fraction of sp³-hybridized carbons (Fsp3) is 0. The zero-order valence-corrected chi connectivity index (χ0v) is 1.15.